The van der Waals surface area contributed by atoms with E-state index in [4.69, 9.17) is 5.73 Å². The van der Waals surface area contributed by atoms with Crippen LogP contribution in [0.15, 0.2) is 60.8 Å². The van der Waals surface area contributed by atoms with Crippen LogP contribution in [-0.2, 0) is 36.8 Å². The molecule has 4 amide bonds. The molecule has 0 bridgehead atoms. The second-order valence-electron chi connectivity index (χ2n) is 9.93. The molecule has 0 aliphatic carbocycles. The van der Waals surface area contributed by atoms with Gasteiger partial charge in [-0.2, -0.15) is 0 Å². The van der Waals surface area contributed by atoms with Crippen LogP contribution in [0.3, 0.4) is 0 Å². The number of fused-ring (bicyclic) bond motifs is 1. The van der Waals surface area contributed by atoms with Gasteiger partial charge in [0.1, 0.15) is 18.1 Å². The highest BCUT2D eigenvalue weighted by Crippen LogP contribution is 2.19. The SMILES string of the molecule is CCCC[C@H](NC(=O)CCc1c[nH]c2ccccc12)C(=O)N[C@@H](CC(=O)O)C(=O)N[C@@H](Cc1ccccc1)C(N)=O. The standard InChI is InChI=1S/C30H37N5O6/c1-2-3-12-23(33-26(36)15-14-20-18-32-22-13-8-7-11-21(20)22)29(40)35-25(17-27(37)38)30(41)34-24(28(31)39)16-19-9-5-4-6-10-19/h4-11,13,18,23-25,32H,2-3,12,14-17H2,1H3,(H2,31,39)(H,33,36)(H,34,41)(H,35,40)(H,37,38)/t23-,24-,25-/m0/s1. The van der Waals surface area contributed by atoms with E-state index in [0.717, 1.165) is 28.5 Å². The summed E-state index contributed by atoms with van der Waals surface area (Å²) >= 11 is 0. The molecule has 11 nitrogen and oxygen atoms in total. The lowest BCUT2D eigenvalue weighted by atomic mass is 10.0. The second-order valence-corrected chi connectivity index (χ2v) is 9.93. The lowest BCUT2D eigenvalue weighted by Gasteiger charge is -2.24. The molecule has 1 heterocycles. The van der Waals surface area contributed by atoms with Gasteiger partial charge >= 0.3 is 5.97 Å². The first-order chi connectivity index (χ1) is 19.7. The van der Waals surface area contributed by atoms with Crippen molar-refractivity contribution in [2.45, 2.75) is 70.0 Å². The summed E-state index contributed by atoms with van der Waals surface area (Å²) < 4.78 is 0. The molecule has 3 aromatic rings. The number of carboxylic acids is 1. The minimum absolute atomic E-state index is 0.0985. The summed E-state index contributed by atoms with van der Waals surface area (Å²) in [6.45, 7) is 1.94. The van der Waals surface area contributed by atoms with Crippen LogP contribution in [0.1, 0.15) is 50.2 Å². The summed E-state index contributed by atoms with van der Waals surface area (Å²) in [6, 6.07) is 13.1. The van der Waals surface area contributed by atoms with Crippen molar-refractivity contribution in [3.63, 3.8) is 0 Å². The predicted octanol–water partition coefficient (Wildman–Crippen LogP) is 1.95. The summed E-state index contributed by atoms with van der Waals surface area (Å²) in [5.74, 6) is -4.01. The zero-order chi connectivity index (χ0) is 29.8. The van der Waals surface area contributed by atoms with Gasteiger partial charge in [-0.15, -0.1) is 0 Å². The third kappa shape index (κ3) is 9.48. The molecule has 0 radical (unpaired) electrons. The Morgan fingerprint density at radius 1 is 0.878 bits per heavy atom. The number of hydrogen-bond donors (Lipinski definition) is 6. The number of rotatable bonds is 16. The third-order valence-electron chi connectivity index (χ3n) is 6.75. The zero-order valence-electron chi connectivity index (χ0n) is 23.0. The molecule has 7 N–H and O–H groups in total. The number of aryl methyl sites for hydroxylation is 1. The Kier molecular flexibility index (Phi) is 11.4. The van der Waals surface area contributed by atoms with Crippen LogP contribution in [0.2, 0.25) is 0 Å². The number of nitrogens with one attached hydrogen (secondary N) is 4. The van der Waals surface area contributed by atoms with Crippen molar-refractivity contribution in [2.75, 3.05) is 0 Å². The van der Waals surface area contributed by atoms with Gasteiger partial charge in [0, 0.05) is 29.9 Å². The number of aromatic amines is 1. The Balaban J connectivity index is 1.65. The lowest BCUT2D eigenvalue weighted by molar-refractivity contribution is -0.141. The molecule has 0 fully saturated rings. The van der Waals surface area contributed by atoms with Crippen LogP contribution in [0.25, 0.3) is 10.9 Å². The molecule has 0 aliphatic rings. The monoisotopic (exact) mass is 563 g/mol. The molecule has 41 heavy (non-hydrogen) atoms. The molecule has 0 aliphatic heterocycles. The summed E-state index contributed by atoms with van der Waals surface area (Å²) in [7, 11) is 0. The zero-order valence-corrected chi connectivity index (χ0v) is 23.0. The van der Waals surface area contributed by atoms with Gasteiger partial charge < -0.3 is 31.8 Å². The first-order valence-corrected chi connectivity index (χ1v) is 13.7. The van der Waals surface area contributed by atoms with Gasteiger partial charge in [-0.25, -0.2) is 0 Å². The molecule has 1 aromatic heterocycles. The van der Waals surface area contributed by atoms with E-state index in [2.05, 4.69) is 20.9 Å². The number of nitrogens with two attached hydrogens (primary N) is 1. The van der Waals surface area contributed by atoms with E-state index in [1.54, 1.807) is 30.3 Å². The number of unbranched alkanes of at least 4 members (excludes halogenated alkanes) is 1. The fourth-order valence-corrected chi connectivity index (χ4v) is 4.53. The Morgan fingerprint density at radius 2 is 1.54 bits per heavy atom. The average Bonchev–Trinajstić information content (AvgIpc) is 3.36. The van der Waals surface area contributed by atoms with Crippen molar-refractivity contribution in [1.29, 1.82) is 0 Å². The largest absolute Gasteiger partial charge is 0.481 e. The first kappa shape index (κ1) is 30.9. The van der Waals surface area contributed by atoms with E-state index < -0.39 is 48.2 Å². The number of hydrogen-bond acceptors (Lipinski definition) is 5. The number of para-hydroxylation sites is 1. The fraction of sp³-hybridized carbons (Fsp3) is 0.367. The van der Waals surface area contributed by atoms with Crippen LogP contribution in [-0.4, -0.2) is 57.8 Å². The molecule has 0 saturated heterocycles. The van der Waals surface area contributed by atoms with Crippen LogP contribution in [0, 0.1) is 0 Å². The quantitative estimate of drug-likeness (QED) is 0.155. The number of primary amides is 1. The Bertz CT molecular complexity index is 1360. The molecular weight excluding hydrogens is 526 g/mol. The third-order valence-corrected chi connectivity index (χ3v) is 6.75. The fourth-order valence-electron chi connectivity index (χ4n) is 4.53. The number of benzene rings is 2. The Morgan fingerprint density at radius 3 is 2.22 bits per heavy atom. The lowest BCUT2D eigenvalue weighted by Crippen LogP contribution is -2.57. The Labute approximate surface area is 238 Å². The van der Waals surface area contributed by atoms with Crippen LogP contribution < -0.4 is 21.7 Å². The molecule has 3 rings (SSSR count). The minimum Gasteiger partial charge on any atom is -0.481 e. The van der Waals surface area contributed by atoms with Crippen LogP contribution in [0.4, 0.5) is 0 Å². The van der Waals surface area contributed by atoms with Crippen molar-refractivity contribution in [1.82, 2.24) is 20.9 Å². The topological polar surface area (TPSA) is 183 Å². The molecule has 11 heteroatoms. The van der Waals surface area contributed by atoms with Gasteiger partial charge in [0.2, 0.25) is 23.6 Å². The summed E-state index contributed by atoms with van der Waals surface area (Å²) in [5, 5.41) is 18.1. The molecule has 218 valence electrons. The van der Waals surface area contributed by atoms with E-state index in [-0.39, 0.29) is 18.7 Å². The van der Waals surface area contributed by atoms with Crippen LogP contribution >= 0.6 is 0 Å². The number of aliphatic carboxylic acids is 1. The van der Waals surface area contributed by atoms with Crippen LogP contribution in [0.5, 0.6) is 0 Å². The molecule has 0 spiro atoms. The highest BCUT2D eigenvalue weighted by Gasteiger charge is 2.30. The number of H-pyrrole nitrogens is 1. The van der Waals surface area contributed by atoms with E-state index >= 15 is 0 Å². The van der Waals surface area contributed by atoms with Crippen molar-refractivity contribution >= 4 is 40.5 Å². The van der Waals surface area contributed by atoms with Crippen molar-refractivity contribution in [3.8, 4) is 0 Å². The molecule has 3 atom stereocenters. The van der Waals surface area contributed by atoms with E-state index in [1.165, 1.54) is 0 Å². The van der Waals surface area contributed by atoms with Crippen molar-refractivity contribution in [2.24, 2.45) is 5.73 Å². The Hall–Kier alpha value is -4.67. The smallest absolute Gasteiger partial charge is 0.305 e. The second kappa shape index (κ2) is 15.2. The molecule has 0 unspecified atom stereocenters. The van der Waals surface area contributed by atoms with Gasteiger partial charge in [0.25, 0.3) is 0 Å². The number of carbonyl (C=O) groups is 5. The van der Waals surface area contributed by atoms with E-state index in [0.29, 0.717) is 19.3 Å². The van der Waals surface area contributed by atoms with Gasteiger partial charge in [0.05, 0.1) is 6.42 Å². The number of amides is 4. The van der Waals surface area contributed by atoms with Crippen molar-refractivity contribution in [3.05, 3.63) is 71.9 Å². The summed E-state index contributed by atoms with van der Waals surface area (Å²) in [6.07, 6.45) is 3.51. The highest BCUT2D eigenvalue weighted by molar-refractivity contribution is 5.95. The normalized spacial score (nSPS) is 13.1. The van der Waals surface area contributed by atoms with Gasteiger partial charge in [0.15, 0.2) is 0 Å². The van der Waals surface area contributed by atoms with Gasteiger partial charge in [-0.3, -0.25) is 24.0 Å². The number of carbonyl (C=O) groups excluding carboxylic acids is 4. The van der Waals surface area contributed by atoms with Gasteiger partial charge in [-0.05, 0) is 30.0 Å². The summed E-state index contributed by atoms with van der Waals surface area (Å²) in [4.78, 5) is 65.8. The highest BCUT2D eigenvalue weighted by atomic mass is 16.4. The first-order valence-electron chi connectivity index (χ1n) is 13.7. The van der Waals surface area contributed by atoms with E-state index in [9.17, 15) is 29.1 Å². The number of aromatic nitrogens is 1. The average molecular weight is 564 g/mol. The molecule has 2 aromatic carbocycles. The number of carboxylic acid groups (broad SMARTS) is 1. The summed E-state index contributed by atoms with van der Waals surface area (Å²) in [5.41, 5.74) is 8.16. The minimum atomic E-state index is -1.48. The molecule has 0 saturated carbocycles. The maximum absolute atomic E-state index is 13.2. The van der Waals surface area contributed by atoms with Gasteiger partial charge in [-0.1, -0.05) is 68.3 Å². The maximum atomic E-state index is 13.2. The van der Waals surface area contributed by atoms with Crippen molar-refractivity contribution < 1.29 is 29.1 Å². The maximum Gasteiger partial charge on any atom is 0.305 e. The van der Waals surface area contributed by atoms with E-state index in [1.807, 2.05) is 37.4 Å². The molecular formula is C30H37N5O6. The predicted molar refractivity (Wildman–Crippen MR) is 154 cm³/mol.